The molecule has 1 fully saturated rings. The predicted octanol–water partition coefficient (Wildman–Crippen LogP) is 2.60. The normalized spacial score (nSPS) is 22.4. The van der Waals surface area contributed by atoms with Crippen LogP contribution in [0.15, 0.2) is 6.07 Å². The summed E-state index contributed by atoms with van der Waals surface area (Å²) in [6, 6.07) is 1.86. The maximum absolute atomic E-state index is 12.2. The zero-order valence-electron chi connectivity index (χ0n) is 14.2. The number of nitrogens with zero attached hydrogens (tertiary/aromatic N) is 1. The van der Waals surface area contributed by atoms with E-state index in [1.165, 1.54) is 6.42 Å². The Kier molecular flexibility index (Phi) is 6.19. The Hall–Kier alpha value is -1.85. The lowest BCUT2D eigenvalue weighted by molar-refractivity contribution is -0.130. The fourth-order valence-corrected chi connectivity index (χ4v) is 2.97. The lowest BCUT2D eigenvalue weighted by Crippen LogP contribution is -2.46. The zero-order valence-corrected chi connectivity index (χ0v) is 14.2. The van der Waals surface area contributed by atoms with Crippen LogP contribution in [0.2, 0.25) is 0 Å². The van der Waals surface area contributed by atoms with Crippen LogP contribution in [-0.4, -0.2) is 34.2 Å². The van der Waals surface area contributed by atoms with Gasteiger partial charge >= 0.3 is 5.97 Å². The molecule has 0 radical (unpaired) electrons. The summed E-state index contributed by atoms with van der Waals surface area (Å²) in [5, 5.41) is 9.76. The van der Waals surface area contributed by atoms with Crippen LogP contribution in [-0.2, 0) is 16.0 Å². The molecule has 3 unspecified atom stereocenters. The quantitative estimate of drug-likeness (QED) is 0.789. The highest BCUT2D eigenvalue weighted by atomic mass is 16.5. The molecule has 0 bridgehead atoms. The third-order valence-corrected chi connectivity index (χ3v) is 4.45. The molecule has 1 aliphatic carbocycles. The summed E-state index contributed by atoms with van der Waals surface area (Å²) in [4.78, 5) is 24.3. The number of H-pyrrole nitrogens is 1. The van der Waals surface area contributed by atoms with Gasteiger partial charge in [-0.3, -0.25) is 9.89 Å². The summed E-state index contributed by atoms with van der Waals surface area (Å²) in [5.74, 6) is -0.331. The molecule has 0 spiro atoms. The summed E-state index contributed by atoms with van der Waals surface area (Å²) in [6.45, 7) is 5.80. The van der Waals surface area contributed by atoms with Crippen molar-refractivity contribution in [2.45, 2.75) is 71.4 Å². The number of esters is 1. The molecule has 3 atom stereocenters. The predicted molar refractivity (Wildman–Crippen MR) is 87.0 cm³/mol. The van der Waals surface area contributed by atoms with Gasteiger partial charge in [-0.2, -0.15) is 5.10 Å². The summed E-state index contributed by atoms with van der Waals surface area (Å²) < 4.78 is 5.23. The topological polar surface area (TPSA) is 84.1 Å². The van der Waals surface area contributed by atoms with E-state index in [2.05, 4.69) is 29.4 Å². The smallest absolute Gasteiger partial charge is 0.359 e. The van der Waals surface area contributed by atoms with Gasteiger partial charge in [0.05, 0.1) is 0 Å². The van der Waals surface area contributed by atoms with Crippen molar-refractivity contribution in [1.82, 2.24) is 15.5 Å². The Balaban J connectivity index is 1.85. The fourth-order valence-electron chi connectivity index (χ4n) is 2.97. The van der Waals surface area contributed by atoms with Crippen molar-refractivity contribution in [3.63, 3.8) is 0 Å². The summed E-state index contributed by atoms with van der Waals surface area (Å²) in [7, 11) is 0. The molecule has 0 aromatic carbocycles. The van der Waals surface area contributed by atoms with E-state index < -0.39 is 12.1 Å². The van der Waals surface area contributed by atoms with Gasteiger partial charge in [0.2, 0.25) is 0 Å². The van der Waals surface area contributed by atoms with Crippen molar-refractivity contribution in [2.75, 3.05) is 0 Å². The number of aromatic nitrogens is 2. The van der Waals surface area contributed by atoms with Crippen LogP contribution in [0.25, 0.3) is 0 Å². The van der Waals surface area contributed by atoms with Crippen molar-refractivity contribution in [2.24, 2.45) is 5.92 Å². The molecule has 1 amide bonds. The number of amides is 1. The molecule has 1 aliphatic rings. The van der Waals surface area contributed by atoms with Gasteiger partial charge in [-0.1, -0.05) is 33.1 Å². The third-order valence-electron chi connectivity index (χ3n) is 4.45. The molecular weight excluding hydrogens is 294 g/mol. The molecule has 6 nitrogen and oxygen atoms in total. The first-order valence-electron chi connectivity index (χ1n) is 8.57. The number of aromatic amines is 1. The van der Waals surface area contributed by atoms with Crippen LogP contribution in [0.4, 0.5) is 0 Å². The van der Waals surface area contributed by atoms with Crippen LogP contribution >= 0.6 is 0 Å². The Morgan fingerprint density at radius 1 is 1.43 bits per heavy atom. The lowest BCUT2D eigenvalue weighted by Gasteiger charge is -2.30. The van der Waals surface area contributed by atoms with Crippen LogP contribution in [0.3, 0.4) is 0 Å². The Bertz CT molecular complexity index is 541. The summed E-state index contributed by atoms with van der Waals surface area (Å²) in [6.07, 6.45) is 5.46. The van der Waals surface area contributed by atoms with Gasteiger partial charge in [-0.25, -0.2) is 4.79 Å². The highest BCUT2D eigenvalue weighted by Crippen LogP contribution is 2.23. The lowest BCUT2D eigenvalue weighted by atomic mass is 9.86. The maximum atomic E-state index is 12.2. The minimum absolute atomic E-state index is 0.180. The number of aryl methyl sites for hydroxylation is 1. The first kappa shape index (κ1) is 17.5. The van der Waals surface area contributed by atoms with Gasteiger partial charge < -0.3 is 10.1 Å². The molecule has 6 heteroatoms. The van der Waals surface area contributed by atoms with Gasteiger partial charge in [-0.05, 0) is 38.2 Å². The minimum Gasteiger partial charge on any atom is -0.448 e. The molecule has 0 aliphatic heterocycles. The second kappa shape index (κ2) is 8.13. The molecule has 1 aromatic rings. The first-order chi connectivity index (χ1) is 11.0. The van der Waals surface area contributed by atoms with E-state index >= 15 is 0 Å². The molecular formula is C17H27N3O3. The van der Waals surface area contributed by atoms with E-state index in [1.54, 1.807) is 13.0 Å². The SMILES string of the molecule is CCCc1cc(C(=O)OC(C)C(=O)NC2CCCCC2C)n[nH]1. The van der Waals surface area contributed by atoms with Gasteiger partial charge in [0, 0.05) is 11.7 Å². The van der Waals surface area contributed by atoms with Gasteiger partial charge in [-0.15, -0.1) is 0 Å². The monoisotopic (exact) mass is 321 g/mol. The Labute approximate surface area is 137 Å². The van der Waals surface area contributed by atoms with Crippen molar-refractivity contribution < 1.29 is 14.3 Å². The number of hydrogen-bond acceptors (Lipinski definition) is 4. The van der Waals surface area contributed by atoms with Crippen LogP contribution in [0.1, 0.15) is 69.1 Å². The first-order valence-corrected chi connectivity index (χ1v) is 8.57. The van der Waals surface area contributed by atoms with Crippen molar-refractivity contribution in [3.8, 4) is 0 Å². The fraction of sp³-hybridized carbons (Fsp3) is 0.706. The highest BCUT2D eigenvalue weighted by molar-refractivity contribution is 5.90. The van der Waals surface area contributed by atoms with Gasteiger partial charge in [0.25, 0.3) is 5.91 Å². The Morgan fingerprint density at radius 3 is 2.87 bits per heavy atom. The molecule has 1 aromatic heterocycles. The number of rotatable bonds is 6. The van der Waals surface area contributed by atoms with Crippen LogP contribution in [0.5, 0.6) is 0 Å². The van der Waals surface area contributed by atoms with E-state index in [4.69, 9.17) is 4.74 Å². The average molecular weight is 321 g/mol. The van der Waals surface area contributed by atoms with E-state index in [1.807, 2.05) is 0 Å². The van der Waals surface area contributed by atoms with Crippen molar-refractivity contribution in [3.05, 3.63) is 17.5 Å². The average Bonchev–Trinajstić information content (AvgIpc) is 2.98. The standard InChI is InChI=1S/C17H27N3O3/c1-4-7-13-10-15(20-19-13)17(22)23-12(3)16(21)18-14-9-6-5-8-11(14)2/h10-12,14H,4-9H2,1-3H3,(H,18,21)(H,19,20). The zero-order chi connectivity index (χ0) is 16.8. The second-order valence-electron chi connectivity index (χ2n) is 6.45. The molecule has 2 N–H and O–H groups in total. The highest BCUT2D eigenvalue weighted by Gasteiger charge is 2.27. The second-order valence-corrected chi connectivity index (χ2v) is 6.45. The minimum atomic E-state index is -0.817. The summed E-state index contributed by atoms with van der Waals surface area (Å²) in [5.41, 5.74) is 1.12. The van der Waals surface area contributed by atoms with Gasteiger partial charge in [0.1, 0.15) is 0 Å². The van der Waals surface area contributed by atoms with Crippen molar-refractivity contribution >= 4 is 11.9 Å². The van der Waals surface area contributed by atoms with E-state index in [0.29, 0.717) is 5.92 Å². The molecule has 1 saturated carbocycles. The number of nitrogens with one attached hydrogen (secondary N) is 2. The molecule has 2 rings (SSSR count). The third kappa shape index (κ3) is 4.81. The van der Waals surface area contributed by atoms with Gasteiger partial charge in [0.15, 0.2) is 11.8 Å². The summed E-state index contributed by atoms with van der Waals surface area (Å²) >= 11 is 0. The van der Waals surface area contributed by atoms with Crippen LogP contribution in [0, 0.1) is 5.92 Å². The molecule has 1 heterocycles. The van der Waals surface area contributed by atoms with E-state index in [0.717, 1.165) is 37.8 Å². The van der Waals surface area contributed by atoms with E-state index in [-0.39, 0.29) is 17.6 Å². The molecule has 128 valence electrons. The number of carbonyl (C=O) groups excluding carboxylic acids is 2. The maximum Gasteiger partial charge on any atom is 0.359 e. The van der Waals surface area contributed by atoms with Crippen LogP contribution < -0.4 is 5.32 Å². The molecule has 23 heavy (non-hydrogen) atoms. The molecule has 0 saturated heterocycles. The van der Waals surface area contributed by atoms with Crippen molar-refractivity contribution in [1.29, 1.82) is 0 Å². The Morgan fingerprint density at radius 2 is 2.17 bits per heavy atom. The number of ether oxygens (including phenoxy) is 1. The number of hydrogen-bond donors (Lipinski definition) is 2. The van der Waals surface area contributed by atoms with E-state index in [9.17, 15) is 9.59 Å². The largest absolute Gasteiger partial charge is 0.448 e. The number of carbonyl (C=O) groups is 2.